The summed E-state index contributed by atoms with van der Waals surface area (Å²) in [7, 11) is 0. The number of amides is 1. The first-order chi connectivity index (χ1) is 14.0. The topological polar surface area (TPSA) is 49.8 Å². The van der Waals surface area contributed by atoms with Crippen molar-refractivity contribution in [2.24, 2.45) is 0 Å². The zero-order valence-corrected chi connectivity index (χ0v) is 17.4. The summed E-state index contributed by atoms with van der Waals surface area (Å²) in [6.07, 6.45) is -10.3. The predicted molar refractivity (Wildman–Crippen MR) is 99.1 cm³/mol. The van der Waals surface area contributed by atoms with E-state index in [1.807, 2.05) is 0 Å². The first kappa shape index (κ1) is 23.7. The molecule has 0 aliphatic carbocycles. The Labute approximate surface area is 176 Å². The lowest BCUT2D eigenvalue weighted by Crippen LogP contribution is -2.60. The number of benzene rings is 1. The molecule has 174 valence electrons. The van der Waals surface area contributed by atoms with Gasteiger partial charge < -0.3 is 14.7 Å². The van der Waals surface area contributed by atoms with Crippen molar-refractivity contribution in [3.05, 3.63) is 34.9 Å². The highest BCUT2D eigenvalue weighted by Crippen LogP contribution is 2.51. The number of halogens is 6. The zero-order chi connectivity index (χ0) is 23.4. The molecule has 2 aliphatic heterocycles. The molecule has 0 aromatic heterocycles. The normalized spacial score (nSPS) is 27.2. The van der Waals surface area contributed by atoms with Gasteiger partial charge >= 0.3 is 18.4 Å². The van der Waals surface area contributed by atoms with E-state index in [1.165, 1.54) is 4.90 Å². The number of fused-ring (bicyclic) bond motifs is 2. The van der Waals surface area contributed by atoms with Gasteiger partial charge in [-0.25, -0.2) is 4.79 Å². The summed E-state index contributed by atoms with van der Waals surface area (Å²) in [5.74, 6) is 0. The Morgan fingerprint density at radius 3 is 1.84 bits per heavy atom. The minimum absolute atomic E-state index is 0.355. The summed E-state index contributed by atoms with van der Waals surface area (Å²) in [5, 5.41) is 11.3. The lowest BCUT2D eigenvalue weighted by molar-refractivity contribution is -0.155. The largest absolute Gasteiger partial charge is 0.444 e. The number of rotatable bonds is 1. The first-order valence-corrected chi connectivity index (χ1v) is 10.0. The molecule has 2 fully saturated rings. The van der Waals surface area contributed by atoms with Crippen molar-refractivity contribution < 1.29 is 41.0 Å². The number of piperidine rings is 2. The monoisotopic (exact) mass is 453 g/mol. The molecule has 2 heterocycles. The molecule has 1 aromatic carbocycles. The second kappa shape index (κ2) is 7.56. The average Bonchev–Trinajstić information content (AvgIpc) is 2.57. The van der Waals surface area contributed by atoms with Crippen LogP contribution in [0.4, 0.5) is 31.1 Å². The Morgan fingerprint density at radius 2 is 1.45 bits per heavy atom. The smallest absolute Gasteiger partial charge is 0.416 e. The summed E-state index contributed by atoms with van der Waals surface area (Å²) < 4.78 is 87.3. The number of carbonyl (C=O) groups is 1. The Hall–Kier alpha value is -1.97. The van der Waals surface area contributed by atoms with Crippen molar-refractivity contribution in [1.82, 2.24) is 4.90 Å². The van der Waals surface area contributed by atoms with Crippen molar-refractivity contribution in [3.8, 4) is 0 Å². The molecule has 1 amide bonds. The van der Waals surface area contributed by atoms with Crippen LogP contribution in [-0.2, 0) is 22.7 Å². The Kier molecular flexibility index (Phi) is 5.78. The van der Waals surface area contributed by atoms with Gasteiger partial charge in [-0.2, -0.15) is 26.3 Å². The number of nitrogens with zero attached hydrogens (tertiary/aromatic N) is 1. The minimum Gasteiger partial charge on any atom is -0.444 e. The number of aliphatic hydroxyl groups is 1. The molecule has 31 heavy (non-hydrogen) atoms. The number of hydrogen-bond acceptors (Lipinski definition) is 3. The van der Waals surface area contributed by atoms with Gasteiger partial charge in [0.25, 0.3) is 0 Å². The fourth-order valence-corrected chi connectivity index (χ4v) is 4.77. The van der Waals surface area contributed by atoms with E-state index in [0.29, 0.717) is 37.5 Å². The van der Waals surface area contributed by atoms with Crippen molar-refractivity contribution in [2.75, 3.05) is 0 Å². The summed E-state index contributed by atoms with van der Waals surface area (Å²) in [5.41, 5.74) is -7.37. The van der Waals surface area contributed by atoms with Gasteiger partial charge in [-0.15, -0.1) is 0 Å². The van der Waals surface area contributed by atoms with Crippen LogP contribution in [0.15, 0.2) is 18.2 Å². The van der Waals surface area contributed by atoms with Gasteiger partial charge in [-0.3, -0.25) is 0 Å². The lowest BCUT2D eigenvalue weighted by Gasteiger charge is -2.52. The van der Waals surface area contributed by atoms with Crippen molar-refractivity contribution in [1.29, 1.82) is 0 Å². The quantitative estimate of drug-likeness (QED) is 0.542. The van der Waals surface area contributed by atoms with E-state index in [0.717, 1.165) is 0 Å². The molecule has 2 bridgehead atoms. The molecule has 2 atom stereocenters. The third-order valence-electron chi connectivity index (χ3n) is 5.75. The molecular weight excluding hydrogens is 428 g/mol. The highest BCUT2D eigenvalue weighted by atomic mass is 19.4. The van der Waals surface area contributed by atoms with Gasteiger partial charge in [-0.05, 0) is 52.2 Å². The van der Waals surface area contributed by atoms with Crippen LogP contribution in [0.25, 0.3) is 0 Å². The van der Waals surface area contributed by atoms with Crippen molar-refractivity contribution in [3.63, 3.8) is 0 Å². The van der Waals surface area contributed by atoms with E-state index in [1.54, 1.807) is 20.8 Å². The van der Waals surface area contributed by atoms with Crippen LogP contribution in [0, 0.1) is 0 Å². The zero-order valence-electron chi connectivity index (χ0n) is 17.4. The number of carbonyl (C=O) groups excluding carboxylic acids is 1. The van der Waals surface area contributed by atoms with Crippen molar-refractivity contribution in [2.45, 2.75) is 88.5 Å². The van der Waals surface area contributed by atoms with Gasteiger partial charge in [0.15, 0.2) is 0 Å². The second-order valence-corrected chi connectivity index (χ2v) is 9.29. The Balaban J connectivity index is 2.07. The van der Waals surface area contributed by atoms with E-state index in [2.05, 4.69) is 0 Å². The molecule has 2 unspecified atom stereocenters. The van der Waals surface area contributed by atoms with Crippen LogP contribution < -0.4 is 0 Å². The first-order valence-electron chi connectivity index (χ1n) is 10.0. The van der Waals surface area contributed by atoms with Gasteiger partial charge in [0.2, 0.25) is 0 Å². The maximum absolute atomic E-state index is 13.7. The predicted octanol–water partition coefficient (Wildman–Crippen LogP) is 5.86. The van der Waals surface area contributed by atoms with Crippen molar-refractivity contribution >= 4 is 6.09 Å². The number of ether oxygens (including phenoxy) is 1. The van der Waals surface area contributed by atoms with Gasteiger partial charge in [0.05, 0.1) is 16.7 Å². The van der Waals surface area contributed by atoms with E-state index >= 15 is 0 Å². The fraction of sp³-hybridized carbons (Fsp3) is 0.667. The van der Waals surface area contributed by atoms with Crippen LogP contribution in [0.2, 0.25) is 0 Å². The summed E-state index contributed by atoms with van der Waals surface area (Å²) in [4.78, 5) is 14.1. The third-order valence-corrected chi connectivity index (χ3v) is 5.75. The van der Waals surface area contributed by atoms with Gasteiger partial charge in [-0.1, -0.05) is 6.07 Å². The highest BCUT2D eigenvalue weighted by Gasteiger charge is 2.54. The summed E-state index contributed by atoms with van der Waals surface area (Å²) >= 11 is 0. The van der Waals surface area contributed by atoms with Crippen LogP contribution in [0.5, 0.6) is 0 Å². The van der Waals surface area contributed by atoms with Gasteiger partial charge in [0.1, 0.15) is 5.60 Å². The number of alkyl halides is 6. The SMILES string of the molecule is CC(C)(C)OC(=O)N1C2CCCC1CC(O)(c1c(C(F)(F)F)cccc1C(F)(F)F)C2. The van der Waals surface area contributed by atoms with Crippen LogP contribution in [0.3, 0.4) is 0 Å². The number of hydrogen-bond donors (Lipinski definition) is 1. The maximum Gasteiger partial charge on any atom is 0.416 e. The average molecular weight is 453 g/mol. The van der Waals surface area contributed by atoms with Crippen LogP contribution in [-0.4, -0.2) is 33.8 Å². The molecule has 1 aromatic rings. The lowest BCUT2D eigenvalue weighted by atomic mass is 9.70. The molecule has 10 heteroatoms. The standard InChI is InChI=1S/C21H25F6NO3/c1-18(2,3)31-17(29)28-12-6-4-7-13(28)11-19(30,10-12)16-14(20(22,23)24)8-5-9-15(16)21(25,26)27/h5,8-9,12-13,30H,4,6-7,10-11H2,1-3H3. The van der Waals surface area contributed by atoms with Crippen LogP contribution in [0.1, 0.15) is 69.6 Å². The third kappa shape index (κ3) is 4.78. The molecule has 4 nitrogen and oxygen atoms in total. The van der Waals surface area contributed by atoms with E-state index in [4.69, 9.17) is 4.74 Å². The van der Waals surface area contributed by atoms with E-state index in [-0.39, 0.29) is 0 Å². The molecule has 3 rings (SSSR count). The maximum atomic E-state index is 13.7. The van der Waals surface area contributed by atoms with Gasteiger partial charge in [0, 0.05) is 30.5 Å². The summed E-state index contributed by atoms with van der Waals surface area (Å²) in [6.45, 7) is 4.99. The fourth-order valence-electron chi connectivity index (χ4n) is 4.77. The van der Waals surface area contributed by atoms with Crippen LogP contribution >= 0.6 is 0 Å². The van der Waals surface area contributed by atoms with E-state index in [9.17, 15) is 36.2 Å². The molecular formula is C21H25F6NO3. The van der Waals surface area contributed by atoms with E-state index < -0.39 is 71.3 Å². The molecule has 2 saturated heterocycles. The molecule has 2 aliphatic rings. The summed E-state index contributed by atoms with van der Waals surface area (Å²) in [6, 6.07) is 0.344. The molecule has 0 saturated carbocycles. The second-order valence-electron chi connectivity index (χ2n) is 9.29. The Morgan fingerprint density at radius 1 is 1.00 bits per heavy atom. The Bertz CT molecular complexity index is 797. The highest BCUT2D eigenvalue weighted by molar-refractivity contribution is 5.69. The molecule has 0 radical (unpaired) electrons. The molecule has 1 N–H and O–H groups in total. The minimum atomic E-state index is -5.08. The molecule has 0 spiro atoms.